The van der Waals surface area contributed by atoms with E-state index in [9.17, 15) is 9.59 Å². The SMILES string of the molecule is COc1ccc(OC(=O)CC(=O)Oc2ccc(OC)cc2)cc1. The Balaban J connectivity index is 1.84. The largest absolute Gasteiger partial charge is 0.497 e. The molecule has 0 bridgehead atoms. The fraction of sp³-hybridized carbons (Fsp3) is 0.176. The van der Waals surface area contributed by atoms with Gasteiger partial charge in [0.05, 0.1) is 14.2 Å². The highest BCUT2D eigenvalue weighted by molar-refractivity contribution is 5.93. The lowest BCUT2D eigenvalue weighted by Crippen LogP contribution is -2.18. The normalized spacial score (nSPS) is 9.83. The van der Waals surface area contributed by atoms with Crippen LogP contribution in [-0.2, 0) is 9.59 Å². The minimum Gasteiger partial charge on any atom is -0.497 e. The average Bonchev–Trinajstić information content (AvgIpc) is 2.56. The van der Waals surface area contributed by atoms with Gasteiger partial charge < -0.3 is 18.9 Å². The van der Waals surface area contributed by atoms with Crippen LogP contribution < -0.4 is 18.9 Å². The summed E-state index contributed by atoms with van der Waals surface area (Å²) in [4.78, 5) is 23.4. The molecule has 0 saturated carbocycles. The van der Waals surface area contributed by atoms with E-state index >= 15 is 0 Å². The Bertz CT molecular complexity index is 601. The quantitative estimate of drug-likeness (QED) is 0.463. The minimum absolute atomic E-state index is 0.327. The highest BCUT2D eigenvalue weighted by atomic mass is 16.6. The summed E-state index contributed by atoms with van der Waals surface area (Å²) in [6, 6.07) is 12.9. The Hall–Kier alpha value is -3.02. The molecule has 0 heterocycles. The molecule has 23 heavy (non-hydrogen) atoms. The number of methoxy groups -OCH3 is 2. The van der Waals surface area contributed by atoms with E-state index in [4.69, 9.17) is 18.9 Å². The lowest BCUT2D eigenvalue weighted by Gasteiger charge is -2.06. The second-order valence-corrected chi connectivity index (χ2v) is 4.48. The molecule has 2 aromatic carbocycles. The molecule has 0 saturated heterocycles. The number of ether oxygens (including phenoxy) is 4. The molecule has 0 atom stereocenters. The van der Waals surface area contributed by atoms with Gasteiger partial charge in [0, 0.05) is 0 Å². The molecule has 2 rings (SSSR count). The van der Waals surface area contributed by atoms with Crippen molar-refractivity contribution in [2.75, 3.05) is 14.2 Å². The van der Waals surface area contributed by atoms with Crippen LogP contribution in [0, 0.1) is 0 Å². The number of benzene rings is 2. The van der Waals surface area contributed by atoms with Crippen molar-refractivity contribution in [1.82, 2.24) is 0 Å². The molecule has 0 aliphatic carbocycles. The van der Waals surface area contributed by atoms with Gasteiger partial charge in [0.15, 0.2) is 0 Å². The third kappa shape index (κ3) is 5.03. The topological polar surface area (TPSA) is 71.1 Å². The maximum Gasteiger partial charge on any atom is 0.322 e. The Morgan fingerprint density at radius 2 is 0.957 bits per heavy atom. The van der Waals surface area contributed by atoms with Crippen LogP contribution in [0.3, 0.4) is 0 Å². The highest BCUT2D eigenvalue weighted by Gasteiger charge is 2.14. The molecule has 0 unspecified atom stereocenters. The van der Waals surface area contributed by atoms with Gasteiger partial charge in [-0.05, 0) is 48.5 Å². The van der Waals surface area contributed by atoms with Gasteiger partial charge in [-0.3, -0.25) is 9.59 Å². The van der Waals surface area contributed by atoms with Gasteiger partial charge in [0.25, 0.3) is 0 Å². The molecule has 6 nitrogen and oxygen atoms in total. The number of rotatable bonds is 6. The van der Waals surface area contributed by atoms with Crippen LogP contribution in [0.1, 0.15) is 6.42 Å². The maximum absolute atomic E-state index is 11.7. The molecule has 0 aliphatic rings. The third-order valence-electron chi connectivity index (χ3n) is 2.87. The summed E-state index contributed by atoms with van der Waals surface area (Å²) in [6.45, 7) is 0. The van der Waals surface area contributed by atoms with E-state index in [1.807, 2.05) is 0 Å². The Labute approximate surface area is 133 Å². The van der Waals surface area contributed by atoms with Crippen LogP contribution in [0.4, 0.5) is 0 Å². The predicted octanol–water partition coefficient (Wildman–Crippen LogP) is 2.60. The van der Waals surface area contributed by atoms with Crippen molar-refractivity contribution in [1.29, 1.82) is 0 Å². The Kier molecular flexibility index (Phi) is 5.57. The van der Waals surface area contributed by atoms with E-state index in [1.165, 1.54) is 14.2 Å². The number of carbonyl (C=O) groups excluding carboxylic acids is 2. The summed E-state index contributed by atoms with van der Waals surface area (Å²) in [5.74, 6) is 0.538. The van der Waals surface area contributed by atoms with Gasteiger partial charge >= 0.3 is 11.9 Å². The summed E-state index contributed by atoms with van der Waals surface area (Å²) in [6.07, 6.45) is -0.488. The molecular weight excluding hydrogens is 300 g/mol. The van der Waals surface area contributed by atoms with Crippen molar-refractivity contribution >= 4 is 11.9 Å². The van der Waals surface area contributed by atoms with Crippen molar-refractivity contribution in [2.45, 2.75) is 6.42 Å². The van der Waals surface area contributed by atoms with Gasteiger partial charge in [-0.15, -0.1) is 0 Å². The number of carbonyl (C=O) groups is 2. The summed E-state index contributed by atoms with van der Waals surface area (Å²) in [7, 11) is 3.08. The van der Waals surface area contributed by atoms with Gasteiger partial charge in [-0.1, -0.05) is 0 Å². The third-order valence-corrected chi connectivity index (χ3v) is 2.87. The molecular formula is C17H16O6. The zero-order chi connectivity index (χ0) is 16.7. The van der Waals surface area contributed by atoms with Crippen LogP contribution in [0.5, 0.6) is 23.0 Å². The molecule has 0 amide bonds. The van der Waals surface area contributed by atoms with Crippen LogP contribution in [0.2, 0.25) is 0 Å². The first-order chi connectivity index (χ1) is 11.1. The standard InChI is InChI=1S/C17H16O6/c1-20-12-3-7-14(8-4-12)22-16(18)11-17(19)23-15-9-5-13(21-2)6-10-15/h3-10H,11H2,1-2H3. The molecule has 0 fully saturated rings. The van der Waals surface area contributed by atoms with Crippen molar-refractivity contribution in [3.8, 4) is 23.0 Å². The van der Waals surface area contributed by atoms with Crippen molar-refractivity contribution < 1.29 is 28.5 Å². The van der Waals surface area contributed by atoms with E-state index < -0.39 is 18.4 Å². The average molecular weight is 316 g/mol. The van der Waals surface area contributed by atoms with Crippen molar-refractivity contribution in [2.24, 2.45) is 0 Å². The minimum atomic E-state index is -0.700. The van der Waals surface area contributed by atoms with Gasteiger partial charge in [-0.25, -0.2) is 0 Å². The van der Waals surface area contributed by atoms with Crippen molar-refractivity contribution in [3.63, 3.8) is 0 Å². The molecule has 120 valence electrons. The second kappa shape index (κ2) is 7.84. The summed E-state index contributed by atoms with van der Waals surface area (Å²) in [5.41, 5.74) is 0. The van der Waals surface area contributed by atoms with Crippen molar-refractivity contribution in [3.05, 3.63) is 48.5 Å². The van der Waals surface area contributed by atoms with E-state index in [2.05, 4.69) is 0 Å². The van der Waals surface area contributed by atoms with E-state index in [1.54, 1.807) is 48.5 Å². The lowest BCUT2D eigenvalue weighted by atomic mass is 10.3. The molecule has 0 aromatic heterocycles. The van der Waals surface area contributed by atoms with Gasteiger partial charge in [0.1, 0.15) is 29.4 Å². The molecule has 0 aliphatic heterocycles. The second-order valence-electron chi connectivity index (χ2n) is 4.48. The number of hydrogen-bond donors (Lipinski definition) is 0. The van der Waals surface area contributed by atoms with Crippen LogP contribution in [0.25, 0.3) is 0 Å². The van der Waals surface area contributed by atoms with Gasteiger partial charge in [-0.2, -0.15) is 0 Å². The summed E-state index contributed by atoms with van der Waals surface area (Å²) < 4.78 is 20.1. The zero-order valence-corrected chi connectivity index (χ0v) is 12.8. The van der Waals surface area contributed by atoms with E-state index in [0.717, 1.165) is 0 Å². The summed E-state index contributed by atoms with van der Waals surface area (Å²) in [5, 5.41) is 0. The Morgan fingerprint density at radius 1 is 0.652 bits per heavy atom. The smallest absolute Gasteiger partial charge is 0.322 e. The van der Waals surface area contributed by atoms with E-state index in [0.29, 0.717) is 23.0 Å². The summed E-state index contributed by atoms with van der Waals surface area (Å²) >= 11 is 0. The first-order valence-electron chi connectivity index (χ1n) is 6.80. The van der Waals surface area contributed by atoms with Gasteiger partial charge in [0.2, 0.25) is 0 Å². The van der Waals surface area contributed by atoms with Crippen LogP contribution in [-0.4, -0.2) is 26.2 Å². The molecule has 0 N–H and O–H groups in total. The first kappa shape index (κ1) is 16.4. The molecule has 0 spiro atoms. The predicted molar refractivity (Wildman–Crippen MR) is 81.9 cm³/mol. The Morgan fingerprint density at radius 3 is 1.26 bits per heavy atom. The zero-order valence-electron chi connectivity index (χ0n) is 12.8. The lowest BCUT2D eigenvalue weighted by molar-refractivity contribution is -0.144. The fourth-order valence-electron chi connectivity index (χ4n) is 1.74. The first-order valence-corrected chi connectivity index (χ1v) is 6.80. The highest BCUT2D eigenvalue weighted by Crippen LogP contribution is 2.19. The van der Waals surface area contributed by atoms with Crippen LogP contribution in [0.15, 0.2) is 48.5 Å². The number of hydrogen-bond acceptors (Lipinski definition) is 6. The van der Waals surface area contributed by atoms with E-state index in [-0.39, 0.29) is 0 Å². The molecule has 6 heteroatoms. The maximum atomic E-state index is 11.7. The molecule has 2 aromatic rings. The molecule has 0 radical (unpaired) electrons. The monoisotopic (exact) mass is 316 g/mol. The number of esters is 2. The van der Waals surface area contributed by atoms with Crippen LogP contribution >= 0.6 is 0 Å². The fourth-order valence-corrected chi connectivity index (χ4v) is 1.74.